The number of hydrogen-bond acceptors (Lipinski definition) is 3. The van der Waals surface area contributed by atoms with Gasteiger partial charge in [0, 0.05) is 13.6 Å². The van der Waals surface area contributed by atoms with Crippen molar-refractivity contribution in [3.8, 4) is 5.75 Å². The van der Waals surface area contributed by atoms with Gasteiger partial charge in [0.1, 0.15) is 5.75 Å². The van der Waals surface area contributed by atoms with E-state index >= 15 is 0 Å². The van der Waals surface area contributed by atoms with Crippen LogP contribution in [0.25, 0.3) is 0 Å². The molecule has 21 heavy (non-hydrogen) atoms. The summed E-state index contributed by atoms with van der Waals surface area (Å²) in [5, 5.41) is 6.05. The predicted molar refractivity (Wildman–Crippen MR) is 86.4 cm³/mol. The van der Waals surface area contributed by atoms with Crippen molar-refractivity contribution in [3.63, 3.8) is 0 Å². The Morgan fingerprint density at radius 2 is 2.10 bits per heavy atom. The minimum atomic E-state index is -0.157. The number of ether oxygens (including phenoxy) is 1. The van der Waals surface area contributed by atoms with Crippen LogP contribution in [0, 0.1) is 5.92 Å². The van der Waals surface area contributed by atoms with Gasteiger partial charge in [-0.2, -0.15) is 0 Å². The Hall–Kier alpha value is -1.55. The topological polar surface area (TPSA) is 50.4 Å². The number of benzene rings is 1. The van der Waals surface area contributed by atoms with E-state index in [2.05, 4.69) is 31.4 Å². The Labute approximate surface area is 128 Å². The first kappa shape index (κ1) is 17.5. The molecule has 0 heterocycles. The maximum atomic E-state index is 11.9. The molecule has 0 radical (unpaired) electrons. The van der Waals surface area contributed by atoms with Gasteiger partial charge in [0.15, 0.2) is 0 Å². The lowest BCUT2D eigenvalue weighted by Crippen LogP contribution is -2.43. The summed E-state index contributed by atoms with van der Waals surface area (Å²) < 4.78 is 5.63. The Kier molecular flexibility index (Phi) is 7.83. The number of hydrogen-bond donors (Lipinski definition) is 2. The van der Waals surface area contributed by atoms with E-state index in [1.54, 1.807) is 7.05 Å². The van der Waals surface area contributed by atoms with Gasteiger partial charge in [-0.25, -0.2) is 0 Å². The normalized spacial score (nSPS) is 12.2. The van der Waals surface area contributed by atoms with Gasteiger partial charge in [0.2, 0.25) is 5.91 Å². The fraction of sp³-hybridized carbons (Fsp3) is 0.588. The third kappa shape index (κ3) is 6.63. The van der Waals surface area contributed by atoms with Crippen LogP contribution in [-0.4, -0.2) is 25.6 Å². The van der Waals surface area contributed by atoms with Crippen LogP contribution < -0.4 is 15.4 Å². The quantitative estimate of drug-likeness (QED) is 0.736. The molecule has 0 saturated carbocycles. The molecule has 0 spiro atoms. The van der Waals surface area contributed by atoms with E-state index in [0.29, 0.717) is 12.5 Å². The standard InChI is InChI=1S/C17H28N2O2/c1-5-9-21-15-8-6-7-14(11-15)12-19-16(10-13(2)3)17(20)18-4/h6-8,11,13,16,19H,5,9-10,12H2,1-4H3,(H,18,20). The molecule has 1 unspecified atom stereocenters. The van der Waals surface area contributed by atoms with E-state index < -0.39 is 0 Å². The molecule has 118 valence electrons. The van der Waals surface area contributed by atoms with Crippen LogP contribution in [0.1, 0.15) is 39.2 Å². The lowest BCUT2D eigenvalue weighted by Gasteiger charge is -2.19. The molecule has 2 N–H and O–H groups in total. The molecule has 4 heteroatoms. The first-order valence-electron chi connectivity index (χ1n) is 7.73. The molecule has 0 aliphatic carbocycles. The van der Waals surface area contributed by atoms with Gasteiger partial charge in [0.05, 0.1) is 12.6 Å². The third-order valence-electron chi connectivity index (χ3n) is 3.19. The van der Waals surface area contributed by atoms with E-state index in [0.717, 1.165) is 30.8 Å². The molecule has 4 nitrogen and oxygen atoms in total. The minimum Gasteiger partial charge on any atom is -0.494 e. The second kappa shape index (κ2) is 9.40. The van der Waals surface area contributed by atoms with Gasteiger partial charge in [-0.3, -0.25) is 4.79 Å². The molecule has 1 aromatic carbocycles. The van der Waals surface area contributed by atoms with E-state index in [4.69, 9.17) is 4.74 Å². The molecule has 0 aliphatic rings. The summed E-state index contributed by atoms with van der Waals surface area (Å²) in [7, 11) is 1.68. The largest absolute Gasteiger partial charge is 0.494 e. The SMILES string of the molecule is CCCOc1cccc(CNC(CC(C)C)C(=O)NC)c1. The van der Waals surface area contributed by atoms with Gasteiger partial charge in [-0.15, -0.1) is 0 Å². The van der Waals surface area contributed by atoms with Gasteiger partial charge in [-0.1, -0.05) is 32.9 Å². The summed E-state index contributed by atoms with van der Waals surface area (Å²) in [6.07, 6.45) is 1.82. The van der Waals surface area contributed by atoms with Crippen molar-refractivity contribution in [2.24, 2.45) is 5.92 Å². The Bertz CT molecular complexity index is 433. The average molecular weight is 292 g/mol. The first-order valence-corrected chi connectivity index (χ1v) is 7.73. The molecular weight excluding hydrogens is 264 g/mol. The highest BCUT2D eigenvalue weighted by Crippen LogP contribution is 2.14. The highest BCUT2D eigenvalue weighted by Gasteiger charge is 2.17. The molecule has 0 fully saturated rings. The first-order chi connectivity index (χ1) is 10.1. The monoisotopic (exact) mass is 292 g/mol. The van der Waals surface area contributed by atoms with Gasteiger partial charge < -0.3 is 15.4 Å². The zero-order chi connectivity index (χ0) is 15.7. The van der Waals surface area contributed by atoms with Crippen molar-refractivity contribution in [2.45, 2.75) is 46.2 Å². The fourth-order valence-corrected chi connectivity index (χ4v) is 2.13. The summed E-state index contributed by atoms with van der Waals surface area (Å²) in [6.45, 7) is 7.72. The fourth-order valence-electron chi connectivity index (χ4n) is 2.13. The number of carbonyl (C=O) groups excluding carboxylic acids is 1. The number of amides is 1. The smallest absolute Gasteiger partial charge is 0.236 e. The lowest BCUT2D eigenvalue weighted by atomic mass is 10.0. The maximum absolute atomic E-state index is 11.9. The third-order valence-corrected chi connectivity index (χ3v) is 3.19. The number of rotatable bonds is 9. The molecule has 0 aromatic heterocycles. The minimum absolute atomic E-state index is 0.0436. The van der Waals surface area contributed by atoms with Crippen LogP contribution in [0.15, 0.2) is 24.3 Å². The second-order valence-electron chi connectivity index (χ2n) is 5.67. The molecule has 0 aliphatic heterocycles. The van der Waals surface area contributed by atoms with Crippen molar-refractivity contribution in [1.82, 2.24) is 10.6 Å². The summed E-state index contributed by atoms with van der Waals surface area (Å²) in [5.74, 6) is 1.40. The Balaban J connectivity index is 2.60. The second-order valence-corrected chi connectivity index (χ2v) is 5.67. The van der Waals surface area contributed by atoms with Crippen LogP contribution in [-0.2, 0) is 11.3 Å². The molecule has 0 saturated heterocycles. The zero-order valence-electron chi connectivity index (χ0n) is 13.6. The summed E-state index contributed by atoms with van der Waals surface area (Å²) >= 11 is 0. The van der Waals surface area contributed by atoms with Crippen molar-refractivity contribution >= 4 is 5.91 Å². The number of carbonyl (C=O) groups is 1. The van der Waals surface area contributed by atoms with Crippen LogP contribution in [0.5, 0.6) is 5.75 Å². The van der Waals surface area contributed by atoms with Gasteiger partial charge in [-0.05, 0) is 36.5 Å². The summed E-state index contributed by atoms with van der Waals surface area (Å²) in [5.41, 5.74) is 1.13. The van der Waals surface area contributed by atoms with Crippen molar-refractivity contribution in [2.75, 3.05) is 13.7 Å². The van der Waals surface area contributed by atoms with E-state index in [-0.39, 0.29) is 11.9 Å². The molecule has 1 aromatic rings. The Morgan fingerprint density at radius 3 is 2.71 bits per heavy atom. The van der Waals surface area contributed by atoms with Crippen LogP contribution >= 0.6 is 0 Å². The highest BCUT2D eigenvalue weighted by atomic mass is 16.5. The van der Waals surface area contributed by atoms with Gasteiger partial charge in [0.25, 0.3) is 0 Å². The maximum Gasteiger partial charge on any atom is 0.236 e. The van der Waals surface area contributed by atoms with Crippen molar-refractivity contribution in [3.05, 3.63) is 29.8 Å². The predicted octanol–water partition coefficient (Wildman–Crippen LogP) is 2.73. The van der Waals surface area contributed by atoms with E-state index in [1.165, 1.54) is 0 Å². The van der Waals surface area contributed by atoms with Gasteiger partial charge >= 0.3 is 0 Å². The van der Waals surface area contributed by atoms with Crippen LogP contribution in [0.2, 0.25) is 0 Å². The molecular formula is C17H28N2O2. The lowest BCUT2D eigenvalue weighted by molar-refractivity contribution is -0.123. The van der Waals surface area contributed by atoms with E-state index in [1.807, 2.05) is 24.3 Å². The molecule has 1 amide bonds. The zero-order valence-corrected chi connectivity index (χ0v) is 13.6. The Morgan fingerprint density at radius 1 is 1.33 bits per heavy atom. The molecule has 1 rings (SSSR count). The number of likely N-dealkylation sites (N-methyl/N-ethyl adjacent to an activating group) is 1. The highest BCUT2D eigenvalue weighted by molar-refractivity contribution is 5.81. The molecule has 0 bridgehead atoms. The molecule has 1 atom stereocenters. The van der Waals surface area contributed by atoms with Crippen LogP contribution in [0.3, 0.4) is 0 Å². The van der Waals surface area contributed by atoms with Crippen molar-refractivity contribution in [1.29, 1.82) is 0 Å². The average Bonchev–Trinajstić information content (AvgIpc) is 2.48. The van der Waals surface area contributed by atoms with Crippen LogP contribution in [0.4, 0.5) is 0 Å². The number of nitrogens with one attached hydrogen (secondary N) is 2. The summed E-state index contributed by atoms with van der Waals surface area (Å²) in [6, 6.07) is 7.86. The van der Waals surface area contributed by atoms with Crippen molar-refractivity contribution < 1.29 is 9.53 Å². The summed E-state index contributed by atoms with van der Waals surface area (Å²) in [4.78, 5) is 11.9. The van der Waals surface area contributed by atoms with E-state index in [9.17, 15) is 4.79 Å².